The summed E-state index contributed by atoms with van der Waals surface area (Å²) in [5.41, 5.74) is 0. The number of sulfonamides is 1. The minimum atomic E-state index is -3.58. The van der Waals surface area contributed by atoms with Crippen LogP contribution in [0, 0.1) is 0 Å². The molecule has 0 amide bonds. The predicted molar refractivity (Wildman–Crippen MR) is 80.2 cm³/mol. The summed E-state index contributed by atoms with van der Waals surface area (Å²) >= 11 is 6.00. The van der Waals surface area contributed by atoms with Crippen LogP contribution in [0.1, 0.15) is 6.42 Å². The normalized spacial score (nSPS) is 19.5. The third kappa shape index (κ3) is 2.94. The molecule has 9 heteroatoms. The van der Waals surface area contributed by atoms with E-state index in [1.54, 1.807) is 23.9 Å². The van der Waals surface area contributed by atoms with Gasteiger partial charge in [0, 0.05) is 38.2 Å². The van der Waals surface area contributed by atoms with E-state index in [2.05, 4.69) is 9.97 Å². The number of halogens is 1. The van der Waals surface area contributed by atoms with Crippen molar-refractivity contribution in [1.82, 2.24) is 18.8 Å². The summed E-state index contributed by atoms with van der Waals surface area (Å²) in [6, 6.07) is 1.66. The van der Waals surface area contributed by atoms with E-state index in [1.807, 2.05) is 0 Å². The van der Waals surface area contributed by atoms with Crippen molar-refractivity contribution in [3.05, 3.63) is 36.0 Å². The summed E-state index contributed by atoms with van der Waals surface area (Å²) in [5.74, 6) is 0.513. The lowest BCUT2D eigenvalue weighted by Gasteiger charge is -2.16. The molecule has 0 N–H and O–H groups in total. The number of hydrogen-bond acceptors (Lipinski definition) is 5. The van der Waals surface area contributed by atoms with Gasteiger partial charge < -0.3 is 9.30 Å². The molecule has 0 bridgehead atoms. The highest BCUT2D eigenvalue weighted by atomic mass is 35.5. The highest BCUT2D eigenvalue weighted by Crippen LogP contribution is 2.27. The van der Waals surface area contributed by atoms with Gasteiger partial charge in [-0.15, -0.1) is 0 Å². The van der Waals surface area contributed by atoms with Crippen molar-refractivity contribution in [2.24, 2.45) is 7.05 Å². The maximum Gasteiger partial charge on any atom is 0.262 e. The molecule has 1 unspecified atom stereocenters. The average Bonchev–Trinajstić information content (AvgIpc) is 3.11. The van der Waals surface area contributed by atoms with Crippen molar-refractivity contribution in [3.63, 3.8) is 0 Å². The molecule has 0 saturated carbocycles. The van der Waals surface area contributed by atoms with Crippen molar-refractivity contribution in [1.29, 1.82) is 0 Å². The van der Waals surface area contributed by atoms with Crippen molar-refractivity contribution in [2.75, 3.05) is 13.1 Å². The van der Waals surface area contributed by atoms with Crippen LogP contribution in [0.25, 0.3) is 0 Å². The molecule has 22 heavy (non-hydrogen) atoms. The molecule has 1 saturated heterocycles. The Morgan fingerprint density at radius 1 is 1.45 bits per heavy atom. The first-order valence-electron chi connectivity index (χ1n) is 6.71. The SMILES string of the molecule is Cn1cnc(S(=O)(=O)N2CCC(Oc3ccncc3Cl)C2)c1. The fraction of sp³-hybridized carbons (Fsp3) is 0.385. The van der Waals surface area contributed by atoms with Crippen molar-refractivity contribution in [2.45, 2.75) is 17.6 Å². The van der Waals surface area contributed by atoms with E-state index >= 15 is 0 Å². The van der Waals surface area contributed by atoms with Crippen LogP contribution in [0.5, 0.6) is 5.75 Å². The molecule has 3 heterocycles. The van der Waals surface area contributed by atoms with Gasteiger partial charge in [-0.1, -0.05) is 11.6 Å². The van der Waals surface area contributed by atoms with Crippen LogP contribution in [0.4, 0.5) is 0 Å². The van der Waals surface area contributed by atoms with Gasteiger partial charge >= 0.3 is 0 Å². The van der Waals surface area contributed by atoms with E-state index in [4.69, 9.17) is 16.3 Å². The molecule has 0 radical (unpaired) electrons. The van der Waals surface area contributed by atoms with Gasteiger partial charge in [0.1, 0.15) is 16.9 Å². The molecule has 2 aromatic rings. The fourth-order valence-corrected chi connectivity index (χ4v) is 3.92. The van der Waals surface area contributed by atoms with Gasteiger partial charge in [-0.25, -0.2) is 13.4 Å². The number of hydrogen-bond donors (Lipinski definition) is 0. The largest absolute Gasteiger partial charge is 0.487 e. The van der Waals surface area contributed by atoms with Crippen LogP contribution in [0.15, 0.2) is 36.0 Å². The lowest BCUT2D eigenvalue weighted by Crippen LogP contribution is -2.31. The van der Waals surface area contributed by atoms with E-state index in [1.165, 1.54) is 23.0 Å². The smallest absolute Gasteiger partial charge is 0.262 e. The number of ether oxygens (including phenoxy) is 1. The predicted octanol–water partition coefficient (Wildman–Crippen LogP) is 1.31. The van der Waals surface area contributed by atoms with Gasteiger partial charge in [0.25, 0.3) is 10.0 Å². The van der Waals surface area contributed by atoms with E-state index in [9.17, 15) is 8.42 Å². The first-order valence-corrected chi connectivity index (χ1v) is 8.53. The Morgan fingerprint density at radius 2 is 2.27 bits per heavy atom. The first-order chi connectivity index (χ1) is 10.5. The minimum absolute atomic E-state index is 0.0533. The second-order valence-corrected chi connectivity index (χ2v) is 7.37. The maximum absolute atomic E-state index is 12.5. The summed E-state index contributed by atoms with van der Waals surface area (Å²) in [5, 5.41) is 0.464. The summed E-state index contributed by atoms with van der Waals surface area (Å²) < 4.78 is 33.7. The Morgan fingerprint density at radius 3 is 2.95 bits per heavy atom. The lowest BCUT2D eigenvalue weighted by molar-refractivity contribution is 0.215. The molecule has 1 aliphatic heterocycles. The molecule has 1 aliphatic rings. The molecular formula is C13H15ClN4O3S. The summed E-state index contributed by atoms with van der Waals surface area (Å²) in [4.78, 5) is 7.81. The van der Waals surface area contributed by atoms with Crippen LogP contribution in [-0.2, 0) is 17.1 Å². The monoisotopic (exact) mass is 342 g/mol. The fourth-order valence-electron chi connectivity index (χ4n) is 2.30. The standard InChI is InChI=1S/C13H15ClN4O3S/c1-17-8-13(16-9-17)22(19,20)18-5-3-10(7-18)21-12-2-4-15-6-11(12)14/h2,4,6,8-10H,3,5,7H2,1H3. The van der Waals surface area contributed by atoms with Crippen molar-refractivity contribution >= 4 is 21.6 Å². The molecule has 7 nitrogen and oxygen atoms in total. The number of rotatable bonds is 4. The van der Waals surface area contributed by atoms with Crippen molar-refractivity contribution < 1.29 is 13.2 Å². The van der Waals surface area contributed by atoms with Crippen LogP contribution < -0.4 is 4.74 Å². The Balaban J connectivity index is 1.71. The first kappa shape index (κ1) is 15.3. The number of aromatic nitrogens is 3. The second-order valence-electron chi connectivity index (χ2n) is 5.08. The second kappa shape index (κ2) is 5.86. The van der Waals surface area contributed by atoms with Crippen LogP contribution in [0.2, 0.25) is 5.02 Å². The van der Waals surface area contributed by atoms with Crippen molar-refractivity contribution in [3.8, 4) is 5.75 Å². The molecular weight excluding hydrogens is 328 g/mol. The van der Waals surface area contributed by atoms with E-state index in [0.29, 0.717) is 23.7 Å². The van der Waals surface area contributed by atoms with Gasteiger partial charge in [-0.3, -0.25) is 4.98 Å². The molecule has 2 aromatic heterocycles. The van der Waals surface area contributed by atoms with E-state index in [0.717, 1.165) is 0 Å². The molecule has 3 rings (SSSR count). The summed E-state index contributed by atoms with van der Waals surface area (Å²) in [6.45, 7) is 0.670. The molecule has 1 atom stereocenters. The average molecular weight is 343 g/mol. The van der Waals surface area contributed by atoms with E-state index < -0.39 is 10.0 Å². The third-order valence-electron chi connectivity index (χ3n) is 3.42. The van der Waals surface area contributed by atoms with Crippen LogP contribution in [0.3, 0.4) is 0 Å². The van der Waals surface area contributed by atoms with Gasteiger partial charge in [-0.05, 0) is 6.42 Å². The molecule has 0 spiro atoms. The van der Waals surface area contributed by atoms with Gasteiger partial charge in [0.15, 0.2) is 5.03 Å². The zero-order valence-corrected chi connectivity index (χ0v) is 13.5. The Kier molecular flexibility index (Phi) is 4.07. The Labute approximate surface area is 133 Å². The Bertz CT molecular complexity index is 777. The summed E-state index contributed by atoms with van der Waals surface area (Å²) in [7, 11) is -1.85. The molecule has 118 valence electrons. The van der Waals surface area contributed by atoms with Crippen LogP contribution in [-0.4, -0.2) is 46.5 Å². The lowest BCUT2D eigenvalue weighted by atomic mass is 10.3. The van der Waals surface area contributed by atoms with Crippen LogP contribution >= 0.6 is 11.6 Å². The summed E-state index contributed by atoms with van der Waals surface area (Å²) in [6.07, 6.45) is 6.40. The van der Waals surface area contributed by atoms with Gasteiger partial charge in [0.2, 0.25) is 0 Å². The van der Waals surface area contributed by atoms with Gasteiger partial charge in [0.05, 0.1) is 12.9 Å². The van der Waals surface area contributed by atoms with Gasteiger partial charge in [-0.2, -0.15) is 4.31 Å². The highest BCUT2D eigenvalue weighted by Gasteiger charge is 2.35. The number of nitrogens with zero attached hydrogens (tertiary/aromatic N) is 4. The molecule has 1 fully saturated rings. The molecule has 0 aliphatic carbocycles. The molecule has 0 aromatic carbocycles. The quantitative estimate of drug-likeness (QED) is 0.837. The minimum Gasteiger partial charge on any atom is -0.487 e. The zero-order valence-electron chi connectivity index (χ0n) is 11.9. The third-order valence-corrected chi connectivity index (χ3v) is 5.46. The topological polar surface area (TPSA) is 77.3 Å². The Hall–Kier alpha value is -1.64. The number of aryl methyl sites for hydroxylation is 1. The number of imidazole rings is 1. The maximum atomic E-state index is 12.5. The van der Waals surface area contributed by atoms with E-state index in [-0.39, 0.29) is 17.7 Å². The highest BCUT2D eigenvalue weighted by molar-refractivity contribution is 7.89. The number of pyridine rings is 1. The zero-order chi connectivity index (χ0) is 15.7.